The maximum absolute atomic E-state index is 12.1. The highest BCUT2D eigenvalue weighted by atomic mass is 35.5. The third-order valence-corrected chi connectivity index (χ3v) is 4.99. The number of carbonyl (C=O) groups is 1. The lowest BCUT2D eigenvalue weighted by molar-refractivity contribution is 0.102. The fourth-order valence-corrected chi connectivity index (χ4v) is 2.85. The molecule has 1 heterocycles. The van der Waals surface area contributed by atoms with Crippen LogP contribution in [0, 0.1) is 0 Å². The third-order valence-electron chi connectivity index (χ3n) is 2.87. The van der Waals surface area contributed by atoms with Crippen molar-refractivity contribution in [3.05, 3.63) is 53.3 Å². The van der Waals surface area contributed by atoms with Crippen molar-refractivity contribution in [2.75, 3.05) is 19.4 Å². The van der Waals surface area contributed by atoms with Gasteiger partial charge in [0.05, 0.1) is 10.5 Å². The van der Waals surface area contributed by atoms with Gasteiger partial charge in [-0.25, -0.2) is 17.7 Å². The first-order valence-electron chi connectivity index (χ1n) is 6.27. The normalized spacial score (nSPS) is 11.5. The van der Waals surface area contributed by atoms with Gasteiger partial charge >= 0.3 is 0 Å². The molecule has 0 atom stereocenters. The monoisotopic (exact) mass is 339 g/mol. The van der Waals surface area contributed by atoms with Gasteiger partial charge in [0.1, 0.15) is 5.15 Å². The Morgan fingerprint density at radius 2 is 1.95 bits per heavy atom. The number of hydrogen-bond acceptors (Lipinski definition) is 4. The summed E-state index contributed by atoms with van der Waals surface area (Å²) in [5.41, 5.74) is 0.567. The number of nitrogens with zero attached hydrogens (tertiary/aromatic N) is 2. The summed E-state index contributed by atoms with van der Waals surface area (Å²) in [6.45, 7) is 0. The topological polar surface area (TPSA) is 79.4 Å². The number of anilines is 1. The SMILES string of the molecule is CN(C)S(=O)(=O)c1cccc(NC(=O)c2cccnc2Cl)c1. The van der Waals surface area contributed by atoms with Crippen LogP contribution in [0.1, 0.15) is 10.4 Å². The Hall–Kier alpha value is -1.96. The quantitative estimate of drug-likeness (QED) is 0.866. The Morgan fingerprint density at radius 3 is 2.59 bits per heavy atom. The zero-order chi connectivity index (χ0) is 16.3. The Morgan fingerprint density at radius 1 is 1.23 bits per heavy atom. The first-order valence-corrected chi connectivity index (χ1v) is 8.08. The highest BCUT2D eigenvalue weighted by Crippen LogP contribution is 2.19. The molecule has 2 rings (SSSR count). The number of benzene rings is 1. The third kappa shape index (κ3) is 3.44. The number of hydrogen-bond donors (Lipinski definition) is 1. The summed E-state index contributed by atoms with van der Waals surface area (Å²) in [5, 5.41) is 2.68. The summed E-state index contributed by atoms with van der Waals surface area (Å²) in [7, 11) is -0.683. The van der Waals surface area contributed by atoms with E-state index in [0.29, 0.717) is 5.69 Å². The van der Waals surface area contributed by atoms with Crippen molar-refractivity contribution < 1.29 is 13.2 Å². The molecule has 6 nitrogen and oxygen atoms in total. The number of pyridine rings is 1. The molecule has 8 heteroatoms. The van der Waals surface area contributed by atoms with Crippen molar-refractivity contribution in [3.63, 3.8) is 0 Å². The summed E-state index contributed by atoms with van der Waals surface area (Å²) in [6.07, 6.45) is 1.48. The molecule has 0 spiro atoms. The molecule has 0 saturated carbocycles. The molecule has 0 fully saturated rings. The molecule has 0 aliphatic carbocycles. The molecule has 0 radical (unpaired) electrons. The molecule has 0 saturated heterocycles. The Bertz CT molecular complexity index is 806. The van der Waals surface area contributed by atoms with E-state index in [0.717, 1.165) is 4.31 Å². The van der Waals surface area contributed by atoms with Crippen LogP contribution in [-0.2, 0) is 10.0 Å². The average molecular weight is 340 g/mol. The molecular formula is C14H14ClN3O3S. The summed E-state index contributed by atoms with van der Waals surface area (Å²) in [5.74, 6) is -0.461. The first kappa shape index (κ1) is 16.4. The average Bonchev–Trinajstić information content (AvgIpc) is 2.47. The van der Waals surface area contributed by atoms with E-state index in [1.54, 1.807) is 18.2 Å². The maximum Gasteiger partial charge on any atom is 0.258 e. The standard InChI is InChI=1S/C14H14ClN3O3S/c1-18(2)22(20,21)11-6-3-5-10(9-11)17-14(19)12-7-4-8-16-13(12)15/h3-9H,1-2H3,(H,17,19). The number of sulfonamides is 1. The van der Waals surface area contributed by atoms with Gasteiger partial charge in [-0.1, -0.05) is 17.7 Å². The Labute approximate surface area is 133 Å². The van der Waals surface area contributed by atoms with Gasteiger partial charge in [0.25, 0.3) is 5.91 Å². The van der Waals surface area contributed by atoms with Crippen molar-refractivity contribution in [2.45, 2.75) is 4.90 Å². The van der Waals surface area contributed by atoms with Gasteiger partial charge in [-0.05, 0) is 30.3 Å². The number of nitrogens with one attached hydrogen (secondary N) is 1. The molecule has 0 bridgehead atoms. The summed E-state index contributed by atoms with van der Waals surface area (Å²) in [4.78, 5) is 16.0. The maximum atomic E-state index is 12.1. The molecular weight excluding hydrogens is 326 g/mol. The summed E-state index contributed by atoms with van der Waals surface area (Å²) in [6, 6.07) is 9.12. The lowest BCUT2D eigenvalue weighted by atomic mass is 10.2. The molecule has 0 unspecified atom stereocenters. The largest absolute Gasteiger partial charge is 0.322 e. The lowest BCUT2D eigenvalue weighted by Gasteiger charge is -2.12. The summed E-state index contributed by atoms with van der Waals surface area (Å²) < 4.78 is 25.3. The lowest BCUT2D eigenvalue weighted by Crippen LogP contribution is -2.22. The fourth-order valence-electron chi connectivity index (χ4n) is 1.70. The number of carbonyl (C=O) groups excluding carboxylic acids is 1. The number of halogens is 1. The van der Waals surface area contributed by atoms with Gasteiger partial charge in [-0.2, -0.15) is 0 Å². The second-order valence-electron chi connectivity index (χ2n) is 4.61. The zero-order valence-corrected chi connectivity index (χ0v) is 13.5. The number of amides is 1. The molecule has 1 aromatic heterocycles. The van der Waals surface area contributed by atoms with Crippen LogP contribution >= 0.6 is 11.6 Å². The minimum Gasteiger partial charge on any atom is -0.322 e. The predicted octanol–water partition coefficient (Wildman–Crippen LogP) is 2.24. The van der Waals surface area contributed by atoms with Crippen LogP contribution in [0.2, 0.25) is 5.15 Å². The minimum absolute atomic E-state index is 0.0806. The van der Waals surface area contributed by atoms with E-state index < -0.39 is 15.9 Å². The minimum atomic E-state index is -3.56. The van der Waals surface area contributed by atoms with Gasteiger partial charge in [0.2, 0.25) is 10.0 Å². The molecule has 1 aromatic carbocycles. The Kier molecular flexibility index (Phi) is 4.80. The van der Waals surface area contributed by atoms with Gasteiger partial charge in [0, 0.05) is 26.0 Å². The van der Waals surface area contributed by atoms with E-state index in [-0.39, 0.29) is 15.6 Å². The smallest absolute Gasteiger partial charge is 0.258 e. The molecule has 1 N–H and O–H groups in total. The first-order chi connectivity index (χ1) is 10.3. The molecule has 116 valence electrons. The van der Waals surface area contributed by atoms with Crippen LogP contribution in [0.4, 0.5) is 5.69 Å². The van der Waals surface area contributed by atoms with E-state index in [1.807, 2.05) is 0 Å². The van der Waals surface area contributed by atoms with Crippen LogP contribution in [0.5, 0.6) is 0 Å². The molecule has 1 amide bonds. The van der Waals surface area contributed by atoms with Crippen LogP contribution in [-0.4, -0.2) is 37.7 Å². The van der Waals surface area contributed by atoms with Gasteiger partial charge in [-0.3, -0.25) is 4.79 Å². The Balaban J connectivity index is 2.29. The molecule has 0 aliphatic heterocycles. The molecule has 2 aromatic rings. The predicted molar refractivity (Wildman–Crippen MR) is 84.5 cm³/mol. The van der Waals surface area contributed by atoms with Crippen LogP contribution < -0.4 is 5.32 Å². The van der Waals surface area contributed by atoms with E-state index >= 15 is 0 Å². The van der Waals surface area contributed by atoms with Gasteiger partial charge in [0.15, 0.2) is 0 Å². The summed E-state index contributed by atoms with van der Waals surface area (Å²) >= 11 is 5.86. The highest BCUT2D eigenvalue weighted by Gasteiger charge is 2.18. The van der Waals surface area contributed by atoms with Crippen molar-refractivity contribution in [1.82, 2.24) is 9.29 Å². The number of rotatable bonds is 4. The zero-order valence-electron chi connectivity index (χ0n) is 11.9. The van der Waals surface area contributed by atoms with E-state index in [1.165, 1.54) is 38.5 Å². The molecule has 22 heavy (non-hydrogen) atoms. The van der Waals surface area contributed by atoms with E-state index in [9.17, 15) is 13.2 Å². The van der Waals surface area contributed by atoms with Crippen LogP contribution in [0.15, 0.2) is 47.5 Å². The second-order valence-corrected chi connectivity index (χ2v) is 7.12. The fraction of sp³-hybridized carbons (Fsp3) is 0.143. The molecule has 0 aliphatic rings. The van der Waals surface area contributed by atoms with E-state index in [2.05, 4.69) is 10.3 Å². The van der Waals surface area contributed by atoms with Gasteiger partial charge in [-0.15, -0.1) is 0 Å². The van der Waals surface area contributed by atoms with Crippen molar-refractivity contribution in [1.29, 1.82) is 0 Å². The second kappa shape index (κ2) is 6.43. The van der Waals surface area contributed by atoms with Crippen LogP contribution in [0.3, 0.4) is 0 Å². The highest BCUT2D eigenvalue weighted by molar-refractivity contribution is 7.89. The number of aromatic nitrogens is 1. The van der Waals surface area contributed by atoms with Crippen molar-refractivity contribution in [2.24, 2.45) is 0 Å². The van der Waals surface area contributed by atoms with Crippen molar-refractivity contribution in [3.8, 4) is 0 Å². The van der Waals surface area contributed by atoms with Crippen molar-refractivity contribution >= 4 is 33.2 Å². The van der Waals surface area contributed by atoms with Crippen LogP contribution in [0.25, 0.3) is 0 Å². The van der Waals surface area contributed by atoms with E-state index in [4.69, 9.17) is 11.6 Å². The van der Waals surface area contributed by atoms with Gasteiger partial charge < -0.3 is 5.32 Å².